The first-order chi connectivity index (χ1) is 10.3. The van der Waals surface area contributed by atoms with Crippen LogP contribution < -0.4 is 0 Å². The summed E-state index contributed by atoms with van der Waals surface area (Å²) in [7, 11) is 1.63. The molecule has 2 heterocycles. The van der Waals surface area contributed by atoms with Gasteiger partial charge in [0.05, 0.1) is 25.8 Å². The number of nitrogens with zero attached hydrogens (tertiary/aromatic N) is 5. The third-order valence-electron chi connectivity index (χ3n) is 2.94. The first-order valence-electron chi connectivity index (χ1n) is 6.61. The van der Waals surface area contributed by atoms with E-state index in [-0.39, 0.29) is 0 Å². The van der Waals surface area contributed by atoms with Crippen LogP contribution in [-0.4, -0.2) is 38.9 Å². The van der Waals surface area contributed by atoms with Crippen LogP contribution in [0.5, 0.6) is 0 Å². The van der Waals surface area contributed by atoms with Crippen molar-refractivity contribution in [1.29, 1.82) is 0 Å². The van der Waals surface area contributed by atoms with Crippen LogP contribution in [0.15, 0.2) is 41.1 Å². The third-order valence-corrected chi connectivity index (χ3v) is 2.94. The molecule has 0 saturated carbocycles. The van der Waals surface area contributed by atoms with Crippen LogP contribution in [-0.2, 0) is 17.7 Å². The number of methoxy groups -OCH3 is 1. The van der Waals surface area contributed by atoms with E-state index >= 15 is 0 Å². The Hall–Kier alpha value is -2.54. The highest BCUT2D eigenvalue weighted by Gasteiger charge is 2.12. The molecular weight excluding hydrogens is 270 g/mol. The molecule has 2 aromatic heterocycles. The zero-order valence-corrected chi connectivity index (χ0v) is 11.6. The summed E-state index contributed by atoms with van der Waals surface area (Å²) in [5, 5.41) is 12.1. The standard InChI is InChI=1S/C14H15N5O2/c1-20-8-7-13-15-14(17-21-13)12-10-19(18-16-12)9-11-5-3-2-4-6-11/h2-6,10H,7-9H2,1H3. The van der Waals surface area contributed by atoms with E-state index in [0.29, 0.717) is 37.0 Å². The fourth-order valence-corrected chi connectivity index (χ4v) is 1.90. The van der Waals surface area contributed by atoms with Gasteiger partial charge in [0.15, 0.2) is 5.69 Å². The van der Waals surface area contributed by atoms with E-state index in [9.17, 15) is 0 Å². The predicted octanol–water partition coefficient (Wildman–Crippen LogP) is 1.57. The number of rotatable bonds is 6. The second-order valence-electron chi connectivity index (χ2n) is 4.54. The fourth-order valence-electron chi connectivity index (χ4n) is 1.90. The van der Waals surface area contributed by atoms with Crippen LogP contribution in [0.3, 0.4) is 0 Å². The Morgan fingerprint density at radius 3 is 2.90 bits per heavy atom. The Labute approximate surface area is 121 Å². The first-order valence-corrected chi connectivity index (χ1v) is 6.61. The van der Waals surface area contributed by atoms with Gasteiger partial charge in [0.2, 0.25) is 11.7 Å². The van der Waals surface area contributed by atoms with Crippen molar-refractivity contribution in [3.05, 3.63) is 48.0 Å². The van der Waals surface area contributed by atoms with Crippen molar-refractivity contribution in [2.75, 3.05) is 13.7 Å². The Bertz CT molecular complexity index is 692. The van der Waals surface area contributed by atoms with Crippen molar-refractivity contribution < 1.29 is 9.26 Å². The second kappa shape index (κ2) is 6.27. The average Bonchev–Trinajstić information content (AvgIpc) is 3.15. The van der Waals surface area contributed by atoms with E-state index in [1.165, 1.54) is 0 Å². The van der Waals surface area contributed by atoms with E-state index in [1.54, 1.807) is 18.0 Å². The summed E-state index contributed by atoms with van der Waals surface area (Å²) in [5.41, 5.74) is 1.75. The van der Waals surface area contributed by atoms with Crippen LogP contribution in [0.2, 0.25) is 0 Å². The maximum absolute atomic E-state index is 5.13. The molecule has 3 rings (SSSR count). The van der Waals surface area contributed by atoms with Gasteiger partial charge in [-0.15, -0.1) is 5.10 Å². The molecule has 7 nitrogen and oxygen atoms in total. The van der Waals surface area contributed by atoms with Gasteiger partial charge in [-0.05, 0) is 5.56 Å². The Balaban J connectivity index is 1.71. The summed E-state index contributed by atoms with van der Waals surface area (Å²) in [6.07, 6.45) is 2.39. The van der Waals surface area contributed by atoms with Gasteiger partial charge in [0, 0.05) is 7.11 Å². The molecule has 0 N–H and O–H groups in total. The van der Waals surface area contributed by atoms with Crippen LogP contribution in [0.1, 0.15) is 11.5 Å². The van der Waals surface area contributed by atoms with Crippen molar-refractivity contribution in [3.8, 4) is 11.5 Å². The minimum Gasteiger partial charge on any atom is -0.384 e. The molecule has 0 radical (unpaired) electrons. The molecule has 7 heteroatoms. The molecule has 108 valence electrons. The summed E-state index contributed by atoms with van der Waals surface area (Å²) in [6, 6.07) is 10.1. The van der Waals surface area contributed by atoms with E-state index in [0.717, 1.165) is 5.56 Å². The first kappa shape index (κ1) is 13.4. The molecule has 0 spiro atoms. The zero-order valence-electron chi connectivity index (χ0n) is 11.6. The lowest BCUT2D eigenvalue weighted by atomic mass is 10.2. The summed E-state index contributed by atoms with van der Waals surface area (Å²) < 4.78 is 11.8. The highest BCUT2D eigenvalue weighted by atomic mass is 16.5. The maximum Gasteiger partial charge on any atom is 0.229 e. The molecule has 0 amide bonds. The molecule has 1 aromatic carbocycles. The molecule has 0 aliphatic rings. The number of hydrogen-bond acceptors (Lipinski definition) is 6. The van der Waals surface area contributed by atoms with Gasteiger partial charge in [0.25, 0.3) is 0 Å². The van der Waals surface area contributed by atoms with Gasteiger partial charge in [-0.1, -0.05) is 40.7 Å². The number of aromatic nitrogens is 5. The molecule has 3 aromatic rings. The number of ether oxygens (including phenoxy) is 1. The molecule has 21 heavy (non-hydrogen) atoms. The topological polar surface area (TPSA) is 78.9 Å². The van der Waals surface area contributed by atoms with Crippen molar-refractivity contribution in [3.63, 3.8) is 0 Å². The molecule has 0 fully saturated rings. The minimum atomic E-state index is 0.445. The quantitative estimate of drug-likeness (QED) is 0.684. The maximum atomic E-state index is 5.13. The smallest absolute Gasteiger partial charge is 0.229 e. The van der Waals surface area contributed by atoms with Crippen LogP contribution in [0, 0.1) is 0 Å². The Morgan fingerprint density at radius 1 is 1.24 bits per heavy atom. The largest absolute Gasteiger partial charge is 0.384 e. The molecular formula is C14H15N5O2. The Morgan fingerprint density at radius 2 is 2.10 bits per heavy atom. The summed E-state index contributed by atoms with van der Waals surface area (Å²) in [4.78, 5) is 4.26. The van der Waals surface area contributed by atoms with Gasteiger partial charge < -0.3 is 9.26 Å². The summed E-state index contributed by atoms with van der Waals surface area (Å²) >= 11 is 0. The number of benzene rings is 1. The summed E-state index contributed by atoms with van der Waals surface area (Å²) in [5.74, 6) is 0.977. The molecule has 0 unspecified atom stereocenters. The molecule has 0 bridgehead atoms. The molecule has 0 atom stereocenters. The molecule has 0 aliphatic carbocycles. The van der Waals surface area contributed by atoms with Gasteiger partial charge in [-0.25, -0.2) is 4.68 Å². The molecule has 0 aliphatic heterocycles. The number of hydrogen-bond donors (Lipinski definition) is 0. The molecule has 0 saturated heterocycles. The van der Waals surface area contributed by atoms with Crippen molar-refractivity contribution in [2.45, 2.75) is 13.0 Å². The predicted molar refractivity (Wildman–Crippen MR) is 74.4 cm³/mol. The van der Waals surface area contributed by atoms with Gasteiger partial charge in [0.1, 0.15) is 0 Å². The minimum absolute atomic E-state index is 0.445. The SMILES string of the molecule is COCCc1nc(-c2cn(Cc3ccccc3)nn2)no1. The zero-order chi connectivity index (χ0) is 14.5. The van der Waals surface area contributed by atoms with Gasteiger partial charge in [-0.3, -0.25) is 0 Å². The lowest BCUT2D eigenvalue weighted by Gasteiger charge is -1.98. The van der Waals surface area contributed by atoms with E-state index in [2.05, 4.69) is 20.5 Å². The third kappa shape index (κ3) is 3.32. The van der Waals surface area contributed by atoms with E-state index in [1.807, 2.05) is 30.3 Å². The van der Waals surface area contributed by atoms with E-state index < -0.39 is 0 Å². The van der Waals surface area contributed by atoms with E-state index in [4.69, 9.17) is 9.26 Å². The fraction of sp³-hybridized carbons (Fsp3) is 0.286. The highest BCUT2D eigenvalue weighted by molar-refractivity contribution is 5.45. The monoisotopic (exact) mass is 285 g/mol. The lowest BCUT2D eigenvalue weighted by molar-refractivity contribution is 0.192. The average molecular weight is 285 g/mol. The summed E-state index contributed by atoms with van der Waals surface area (Å²) in [6.45, 7) is 1.20. The highest BCUT2D eigenvalue weighted by Crippen LogP contribution is 2.13. The van der Waals surface area contributed by atoms with Crippen LogP contribution >= 0.6 is 0 Å². The Kier molecular flexibility index (Phi) is 4.02. The van der Waals surface area contributed by atoms with Gasteiger partial charge in [-0.2, -0.15) is 4.98 Å². The van der Waals surface area contributed by atoms with Crippen molar-refractivity contribution in [2.24, 2.45) is 0 Å². The van der Waals surface area contributed by atoms with Gasteiger partial charge >= 0.3 is 0 Å². The van der Waals surface area contributed by atoms with Crippen molar-refractivity contribution in [1.82, 2.24) is 25.1 Å². The normalized spacial score (nSPS) is 10.9. The van der Waals surface area contributed by atoms with Crippen LogP contribution in [0.25, 0.3) is 11.5 Å². The second-order valence-corrected chi connectivity index (χ2v) is 4.54. The lowest BCUT2D eigenvalue weighted by Crippen LogP contribution is -1.99. The van der Waals surface area contributed by atoms with Crippen molar-refractivity contribution >= 4 is 0 Å². The van der Waals surface area contributed by atoms with Crippen LogP contribution in [0.4, 0.5) is 0 Å².